The highest BCUT2D eigenvalue weighted by atomic mass is 35.5. The SMILES string of the molecule is S=C(NCc1ccccc1Cl)Nc1nc(N2CCCCCC2)cc(N2CCCCCC2)n1. The largest absolute Gasteiger partial charge is 0.358 e. The van der Waals surface area contributed by atoms with Gasteiger partial charge in [-0.2, -0.15) is 9.97 Å². The number of hydrogen-bond acceptors (Lipinski definition) is 5. The van der Waals surface area contributed by atoms with Gasteiger partial charge in [-0.1, -0.05) is 55.5 Å². The average molecular weight is 473 g/mol. The summed E-state index contributed by atoms with van der Waals surface area (Å²) >= 11 is 11.8. The zero-order chi connectivity index (χ0) is 22.2. The molecule has 2 aliphatic rings. The van der Waals surface area contributed by atoms with Gasteiger partial charge in [-0.25, -0.2) is 0 Å². The highest BCUT2D eigenvalue weighted by Gasteiger charge is 2.18. The first-order chi connectivity index (χ1) is 15.7. The number of thiocarbonyl (C=S) groups is 1. The number of nitrogens with one attached hydrogen (secondary N) is 2. The molecular weight excluding hydrogens is 440 g/mol. The molecule has 2 fully saturated rings. The lowest BCUT2D eigenvalue weighted by molar-refractivity contribution is 0.726. The van der Waals surface area contributed by atoms with Gasteiger partial charge in [-0.15, -0.1) is 0 Å². The van der Waals surface area contributed by atoms with Crippen LogP contribution in [0, 0.1) is 0 Å². The Morgan fingerprint density at radius 2 is 1.38 bits per heavy atom. The van der Waals surface area contributed by atoms with Gasteiger partial charge in [0.15, 0.2) is 5.11 Å². The van der Waals surface area contributed by atoms with Gasteiger partial charge in [-0.3, -0.25) is 0 Å². The van der Waals surface area contributed by atoms with Crippen LogP contribution in [0.5, 0.6) is 0 Å². The molecule has 6 nitrogen and oxygen atoms in total. The second-order valence-electron chi connectivity index (χ2n) is 8.61. The normalized spacial score (nSPS) is 17.4. The van der Waals surface area contributed by atoms with E-state index in [1.165, 1.54) is 51.4 Å². The van der Waals surface area contributed by atoms with E-state index in [4.69, 9.17) is 33.8 Å². The second kappa shape index (κ2) is 11.7. The third kappa shape index (κ3) is 6.45. The van der Waals surface area contributed by atoms with E-state index in [-0.39, 0.29) is 0 Å². The Kier molecular flexibility index (Phi) is 8.40. The first-order valence-electron chi connectivity index (χ1n) is 11.9. The molecule has 0 spiro atoms. The number of anilines is 3. The predicted molar refractivity (Wildman–Crippen MR) is 138 cm³/mol. The van der Waals surface area contributed by atoms with Crippen molar-refractivity contribution in [2.45, 2.75) is 57.9 Å². The first-order valence-corrected chi connectivity index (χ1v) is 12.6. The summed E-state index contributed by atoms with van der Waals surface area (Å²) in [7, 11) is 0. The van der Waals surface area contributed by atoms with Crippen molar-refractivity contribution in [2.24, 2.45) is 0 Å². The quantitative estimate of drug-likeness (QED) is 0.566. The summed E-state index contributed by atoms with van der Waals surface area (Å²) in [5.41, 5.74) is 1.00. The molecule has 32 heavy (non-hydrogen) atoms. The molecule has 172 valence electrons. The molecule has 2 aromatic rings. The van der Waals surface area contributed by atoms with Crippen LogP contribution in [0.1, 0.15) is 56.9 Å². The van der Waals surface area contributed by atoms with Gasteiger partial charge < -0.3 is 20.4 Å². The van der Waals surface area contributed by atoms with Crippen LogP contribution in [0.15, 0.2) is 30.3 Å². The maximum atomic E-state index is 6.27. The van der Waals surface area contributed by atoms with Crippen LogP contribution in [0.4, 0.5) is 17.6 Å². The number of halogens is 1. The summed E-state index contributed by atoms with van der Waals surface area (Å²) in [5, 5.41) is 7.69. The molecule has 0 unspecified atom stereocenters. The lowest BCUT2D eigenvalue weighted by Gasteiger charge is -2.26. The Morgan fingerprint density at radius 1 is 0.844 bits per heavy atom. The second-order valence-corrected chi connectivity index (χ2v) is 9.43. The standard InChI is InChI=1S/C24H33ClN6S/c25-20-12-6-5-11-19(20)18-26-24(32)29-23-27-21(30-13-7-1-2-8-14-30)17-22(28-23)31-15-9-3-4-10-16-31/h5-6,11-12,17H,1-4,7-10,13-16,18H2,(H2,26,27,28,29,32). The van der Waals surface area contributed by atoms with Gasteiger partial charge in [0.25, 0.3) is 0 Å². The lowest BCUT2D eigenvalue weighted by atomic mass is 10.2. The number of hydrogen-bond donors (Lipinski definition) is 2. The van der Waals surface area contributed by atoms with E-state index >= 15 is 0 Å². The van der Waals surface area contributed by atoms with Crippen molar-refractivity contribution in [3.63, 3.8) is 0 Å². The monoisotopic (exact) mass is 472 g/mol. The molecule has 0 amide bonds. The minimum absolute atomic E-state index is 0.500. The Bertz CT molecular complexity index is 854. The molecule has 0 bridgehead atoms. The molecule has 1 aromatic heterocycles. The molecule has 0 atom stereocenters. The predicted octanol–water partition coefficient (Wildman–Crippen LogP) is 5.38. The van der Waals surface area contributed by atoms with Crippen LogP contribution in [0.25, 0.3) is 0 Å². The first kappa shape index (κ1) is 23.1. The Morgan fingerprint density at radius 3 is 1.91 bits per heavy atom. The van der Waals surface area contributed by atoms with Crippen molar-refractivity contribution in [1.29, 1.82) is 0 Å². The van der Waals surface area contributed by atoms with E-state index in [0.717, 1.165) is 48.4 Å². The van der Waals surface area contributed by atoms with E-state index in [0.29, 0.717) is 17.6 Å². The van der Waals surface area contributed by atoms with Gasteiger partial charge in [0.2, 0.25) is 5.95 Å². The zero-order valence-electron chi connectivity index (χ0n) is 18.7. The summed E-state index contributed by atoms with van der Waals surface area (Å²) in [6, 6.07) is 9.94. The molecule has 3 heterocycles. The van der Waals surface area contributed by atoms with E-state index in [1.807, 2.05) is 24.3 Å². The summed E-state index contributed by atoms with van der Waals surface area (Å²) in [6.45, 7) is 4.74. The molecule has 0 saturated carbocycles. The van der Waals surface area contributed by atoms with Crippen LogP contribution in [-0.2, 0) is 6.54 Å². The molecule has 1 aromatic carbocycles. The summed E-state index contributed by atoms with van der Waals surface area (Å²) in [5.74, 6) is 2.55. The lowest BCUT2D eigenvalue weighted by Crippen LogP contribution is -2.31. The van der Waals surface area contributed by atoms with E-state index in [9.17, 15) is 0 Å². The maximum Gasteiger partial charge on any atom is 0.232 e. The fraction of sp³-hybridized carbons (Fsp3) is 0.542. The molecule has 2 saturated heterocycles. The van der Waals surface area contributed by atoms with Crippen molar-refractivity contribution in [3.05, 3.63) is 40.9 Å². The molecule has 0 radical (unpaired) electrons. The van der Waals surface area contributed by atoms with Crippen LogP contribution in [0.2, 0.25) is 5.02 Å². The fourth-order valence-electron chi connectivity index (χ4n) is 4.36. The maximum absolute atomic E-state index is 6.27. The fourth-order valence-corrected chi connectivity index (χ4v) is 4.73. The Balaban J connectivity index is 1.51. The highest BCUT2D eigenvalue weighted by Crippen LogP contribution is 2.25. The van der Waals surface area contributed by atoms with Gasteiger partial charge in [0.1, 0.15) is 11.6 Å². The minimum atomic E-state index is 0.500. The number of aromatic nitrogens is 2. The summed E-state index contributed by atoms with van der Waals surface area (Å²) in [6.07, 6.45) is 10.0. The van der Waals surface area contributed by atoms with Crippen molar-refractivity contribution in [1.82, 2.24) is 15.3 Å². The van der Waals surface area contributed by atoms with E-state index < -0.39 is 0 Å². The third-order valence-electron chi connectivity index (χ3n) is 6.18. The zero-order valence-corrected chi connectivity index (χ0v) is 20.2. The van der Waals surface area contributed by atoms with Crippen molar-refractivity contribution >= 4 is 46.5 Å². The average Bonchev–Trinajstić information content (AvgIpc) is 3.24. The summed E-state index contributed by atoms with van der Waals surface area (Å²) in [4.78, 5) is 14.5. The summed E-state index contributed by atoms with van der Waals surface area (Å²) < 4.78 is 0. The highest BCUT2D eigenvalue weighted by molar-refractivity contribution is 7.80. The Hall–Kier alpha value is -2.12. The van der Waals surface area contributed by atoms with Crippen LogP contribution in [-0.4, -0.2) is 41.3 Å². The van der Waals surface area contributed by atoms with Gasteiger partial charge in [-0.05, 0) is 49.5 Å². The van der Waals surface area contributed by atoms with Crippen LogP contribution >= 0.6 is 23.8 Å². The van der Waals surface area contributed by atoms with Gasteiger partial charge >= 0.3 is 0 Å². The molecule has 2 aliphatic heterocycles. The van der Waals surface area contributed by atoms with Crippen molar-refractivity contribution in [2.75, 3.05) is 41.3 Å². The molecule has 2 N–H and O–H groups in total. The molecule has 8 heteroatoms. The number of nitrogens with zero attached hydrogens (tertiary/aromatic N) is 4. The molecule has 0 aliphatic carbocycles. The van der Waals surface area contributed by atoms with Crippen molar-refractivity contribution < 1.29 is 0 Å². The van der Waals surface area contributed by atoms with E-state index in [2.05, 4.69) is 26.5 Å². The van der Waals surface area contributed by atoms with Gasteiger partial charge in [0, 0.05) is 43.8 Å². The van der Waals surface area contributed by atoms with Crippen LogP contribution in [0.3, 0.4) is 0 Å². The molecule has 4 rings (SSSR count). The Labute approximate surface area is 201 Å². The minimum Gasteiger partial charge on any atom is -0.358 e. The third-order valence-corrected chi connectivity index (χ3v) is 6.80. The van der Waals surface area contributed by atoms with E-state index in [1.54, 1.807) is 0 Å². The van der Waals surface area contributed by atoms with Crippen LogP contribution < -0.4 is 20.4 Å². The van der Waals surface area contributed by atoms with Crippen molar-refractivity contribution in [3.8, 4) is 0 Å². The smallest absolute Gasteiger partial charge is 0.232 e. The molecular formula is C24H33ClN6S. The topological polar surface area (TPSA) is 56.3 Å². The number of rotatable bonds is 5. The van der Waals surface area contributed by atoms with Gasteiger partial charge in [0.05, 0.1) is 0 Å². The number of benzene rings is 1.